The van der Waals surface area contributed by atoms with Gasteiger partial charge in [-0.3, -0.25) is 4.79 Å². The summed E-state index contributed by atoms with van der Waals surface area (Å²) in [5.74, 6) is 0.457. The Morgan fingerprint density at radius 3 is 2.62 bits per heavy atom. The Bertz CT molecular complexity index is 709. The Morgan fingerprint density at radius 2 is 2.04 bits per heavy atom. The van der Waals surface area contributed by atoms with Gasteiger partial charge in [-0.15, -0.1) is 11.3 Å². The summed E-state index contributed by atoms with van der Waals surface area (Å²) >= 11 is 1.34. The first-order valence-corrected chi connectivity index (χ1v) is 8.76. The highest BCUT2D eigenvalue weighted by Crippen LogP contribution is 2.33. The van der Waals surface area contributed by atoms with E-state index in [0.717, 1.165) is 12.1 Å². The molecule has 1 aromatic heterocycles. The van der Waals surface area contributed by atoms with E-state index in [2.05, 4.69) is 18.8 Å². The summed E-state index contributed by atoms with van der Waals surface area (Å²) in [5.41, 5.74) is -0.358. The number of hydrogen-bond acceptors (Lipinski definition) is 3. The molecule has 0 fully saturated rings. The van der Waals surface area contributed by atoms with Gasteiger partial charge in [-0.1, -0.05) is 13.8 Å². The first kappa shape index (κ1) is 18.7. The number of benzene rings is 1. The minimum absolute atomic E-state index is 0.0569. The molecule has 1 aromatic carbocycles. The fourth-order valence-corrected chi connectivity index (χ4v) is 3.43. The summed E-state index contributed by atoms with van der Waals surface area (Å²) in [6.07, 6.45) is -3.59. The lowest BCUT2D eigenvalue weighted by Gasteiger charge is -2.22. The molecular formula is C17H21F3N2OS. The van der Waals surface area contributed by atoms with Gasteiger partial charge in [0, 0.05) is 25.9 Å². The highest BCUT2D eigenvalue weighted by molar-refractivity contribution is 7.18. The number of rotatable bonds is 6. The van der Waals surface area contributed by atoms with Crippen LogP contribution in [0.4, 0.5) is 13.2 Å². The van der Waals surface area contributed by atoms with E-state index >= 15 is 0 Å². The van der Waals surface area contributed by atoms with Crippen molar-refractivity contribution >= 4 is 27.5 Å². The summed E-state index contributed by atoms with van der Waals surface area (Å²) < 4.78 is 38.9. The van der Waals surface area contributed by atoms with E-state index in [1.165, 1.54) is 17.4 Å². The number of carbonyl (C=O) groups excluding carboxylic acids is 1. The van der Waals surface area contributed by atoms with Crippen molar-refractivity contribution in [2.45, 2.75) is 39.8 Å². The number of hydrogen-bond donors (Lipinski definition) is 0. The van der Waals surface area contributed by atoms with Crippen LogP contribution >= 0.6 is 11.3 Å². The minimum Gasteiger partial charge on any atom is -0.343 e. The molecule has 132 valence electrons. The molecule has 0 bridgehead atoms. The molecule has 0 aliphatic carbocycles. The molecule has 0 atom stereocenters. The summed E-state index contributed by atoms with van der Waals surface area (Å²) in [4.78, 5) is 18.3. The predicted octanol–water partition coefficient (Wildman–Crippen LogP) is 4.75. The number of carbonyl (C=O) groups is 1. The van der Waals surface area contributed by atoms with Crippen LogP contribution in [0.2, 0.25) is 0 Å². The molecule has 0 saturated carbocycles. The summed E-state index contributed by atoms with van der Waals surface area (Å²) in [6, 6.07) is 3.57. The van der Waals surface area contributed by atoms with Gasteiger partial charge in [0.15, 0.2) is 0 Å². The molecule has 0 radical (unpaired) electrons. The van der Waals surface area contributed by atoms with Crippen molar-refractivity contribution < 1.29 is 18.0 Å². The Kier molecular flexibility index (Phi) is 5.85. The van der Waals surface area contributed by atoms with E-state index in [4.69, 9.17) is 0 Å². The first-order chi connectivity index (χ1) is 11.2. The van der Waals surface area contributed by atoms with E-state index in [0.29, 0.717) is 47.1 Å². The molecule has 0 saturated heterocycles. The van der Waals surface area contributed by atoms with E-state index in [1.807, 2.05) is 6.92 Å². The third kappa shape index (κ3) is 4.69. The predicted molar refractivity (Wildman–Crippen MR) is 90.0 cm³/mol. The van der Waals surface area contributed by atoms with Gasteiger partial charge in [0.05, 0.1) is 20.8 Å². The molecule has 2 rings (SSSR count). The normalized spacial score (nSPS) is 12.1. The number of thiazole rings is 1. The van der Waals surface area contributed by atoms with Gasteiger partial charge < -0.3 is 4.90 Å². The SMILES string of the molecule is CCN(CC(C)C)C(=O)CCc1nc2cc(C(F)(F)F)ccc2s1. The average Bonchev–Trinajstić information content (AvgIpc) is 2.91. The molecule has 0 spiro atoms. The van der Waals surface area contributed by atoms with Crippen molar-refractivity contribution in [3.05, 3.63) is 28.8 Å². The smallest absolute Gasteiger partial charge is 0.343 e. The molecule has 24 heavy (non-hydrogen) atoms. The first-order valence-electron chi connectivity index (χ1n) is 7.95. The van der Waals surface area contributed by atoms with Gasteiger partial charge >= 0.3 is 6.18 Å². The van der Waals surface area contributed by atoms with Crippen LogP contribution < -0.4 is 0 Å². The zero-order valence-corrected chi connectivity index (χ0v) is 14.8. The third-order valence-electron chi connectivity index (χ3n) is 3.63. The molecule has 0 unspecified atom stereocenters. The van der Waals surface area contributed by atoms with Gasteiger partial charge in [-0.05, 0) is 31.0 Å². The fraction of sp³-hybridized carbons (Fsp3) is 0.529. The Hall–Kier alpha value is -1.63. The highest BCUT2D eigenvalue weighted by Gasteiger charge is 2.30. The number of alkyl halides is 3. The van der Waals surface area contributed by atoms with Crippen molar-refractivity contribution in [3.8, 4) is 0 Å². The van der Waals surface area contributed by atoms with Crippen LogP contribution in [0, 0.1) is 5.92 Å². The fourth-order valence-electron chi connectivity index (χ4n) is 2.48. The molecular weight excluding hydrogens is 337 g/mol. The van der Waals surface area contributed by atoms with E-state index < -0.39 is 11.7 Å². The van der Waals surface area contributed by atoms with Crippen LogP contribution in [0.25, 0.3) is 10.2 Å². The van der Waals surface area contributed by atoms with E-state index in [9.17, 15) is 18.0 Å². The second-order valence-electron chi connectivity index (χ2n) is 6.11. The molecule has 1 heterocycles. The minimum atomic E-state index is -4.37. The second kappa shape index (κ2) is 7.51. The standard InChI is InChI=1S/C17H21F3N2OS/c1-4-22(10-11(2)3)16(23)8-7-15-21-13-9-12(17(18,19)20)5-6-14(13)24-15/h5-6,9,11H,4,7-8,10H2,1-3H3. The molecule has 0 aliphatic rings. The zero-order chi connectivity index (χ0) is 17.9. The van der Waals surface area contributed by atoms with Crippen molar-refractivity contribution in [3.63, 3.8) is 0 Å². The van der Waals surface area contributed by atoms with Crippen LogP contribution in [-0.4, -0.2) is 28.9 Å². The molecule has 1 amide bonds. The summed E-state index contributed by atoms with van der Waals surface area (Å²) in [6.45, 7) is 7.43. The second-order valence-corrected chi connectivity index (χ2v) is 7.23. The van der Waals surface area contributed by atoms with Crippen LogP contribution in [0.5, 0.6) is 0 Å². The highest BCUT2D eigenvalue weighted by atomic mass is 32.1. The molecule has 0 aliphatic heterocycles. The van der Waals surface area contributed by atoms with Crippen LogP contribution in [-0.2, 0) is 17.4 Å². The maximum Gasteiger partial charge on any atom is 0.416 e. The lowest BCUT2D eigenvalue weighted by molar-refractivity contribution is -0.137. The van der Waals surface area contributed by atoms with Crippen molar-refractivity contribution in [2.75, 3.05) is 13.1 Å². The van der Waals surface area contributed by atoms with E-state index in [1.54, 1.807) is 4.90 Å². The van der Waals surface area contributed by atoms with Gasteiger partial charge in [0.1, 0.15) is 0 Å². The van der Waals surface area contributed by atoms with Crippen LogP contribution in [0.1, 0.15) is 37.8 Å². The number of aromatic nitrogens is 1. The maximum atomic E-state index is 12.7. The van der Waals surface area contributed by atoms with E-state index in [-0.39, 0.29) is 5.91 Å². The topological polar surface area (TPSA) is 33.2 Å². The Balaban J connectivity index is 2.06. The van der Waals surface area contributed by atoms with Crippen molar-refractivity contribution in [1.29, 1.82) is 0 Å². The molecule has 0 N–H and O–H groups in total. The third-order valence-corrected chi connectivity index (χ3v) is 4.73. The molecule has 7 heteroatoms. The van der Waals surface area contributed by atoms with Crippen LogP contribution in [0.15, 0.2) is 18.2 Å². The monoisotopic (exact) mass is 358 g/mol. The lowest BCUT2D eigenvalue weighted by Crippen LogP contribution is -2.34. The number of halogens is 3. The average molecular weight is 358 g/mol. The number of amides is 1. The maximum absolute atomic E-state index is 12.7. The Labute approximate surface area is 143 Å². The van der Waals surface area contributed by atoms with Gasteiger partial charge in [-0.25, -0.2) is 4.98 Å². The number of nitrogens with zero attached hydrogens (tertiary/aromatic N) is 2. The summed E-state index contributed by atoms with van der Waals surface area (Å²) in [5, 5.41) is 0.693. The van der Waals surface area contributed by atoms with Gasteiger partial charge in [-0.2, -0.15) is 13.2 Å². The Morgan fingerprint density at radius 1 is 1.33 bits per heavy atom. The lowest BCUT2D eigenvalue weighted by atomic mass is 10.2. The zero-order valence-electron chi connectivity index (χ0n) is 14.0. The summed E-state index contributed by atoms with van der Waals surface area (Å²) in [7, 11) is 0. The number of aryl methyl sites for hydroxylation is 1. The van der Waals surface area contributed by atoms with Crippen molar-refractivity contribution in [1.82, 2.24) is 9.88 Å². The van der Waals surface area contributed by atoms with Crippen LogP contribution in [0.3, 0.4) is 0 Å². The molecule has 2 aromatic rings. The number of fused-ring (bicyclic) bond motifs is 1. The van der Waals surface area contributed by atoms with Gasteiger partial charge in [0.2, 0.25) is 5.91 Å². The largest absolute Gasteiger partial charge is 0.416 e. The quantitative estimate of drug-likeness (QED) is 0.746. The molecule has 3 nitrogen and oxygen atoms in total. The van der Waals surface area contributed by atoms with Crippen molar-refractivity contribution in [2.24, 2.45) is 5.92 Å². The van der Waals surface area contributed by atoms with Gasteiger partial charge in [0.25, 0.3) is 0 Å².